The summed E-state index contributed by atoms with van der Waals surface area (Å²) in [6.45, 7) is 0.536. The Balaban J connectivity index is 2.08. The molecule has 1 aromatic carbocycles. The van der Waals surface area contributed by atoms with Crippen LogP contribution in [0.25, 0.3) is 0 Å². The number of benzene rings is 1. The van der Waals surface area contributed by atoms with Crippen LogP contribution in [0.5, 0.6) is 5.75 Å². The maximum atomic E-state index is 12.7. The molecule has 0 spiro atoms. The number of para-hydroxylation sites is 1. The molecule has 0 bridgehead atoms. The van der Waals surface area contributed by atoms with Crippen LogP contribution in [0.4, 0.5) is 0 Å². The summed E-state index contributed by atoms with van der Waals surface area (Å²) in [6.07, 6.45) is 3.42. The van der Waals surface area contributed by atoms with Gasteiger partial charge in [-0.05, 0) is 25.7 Å². The highest BCUT2D eigenvalue weighted by Gasteiger charge is 2.44. The van der Waals surface area contributed by atoms with E-state index in [1.807, 2.05) is 43.3 Å². The number of methoxy groups -OCH3 is 1. The summed E-state index contributed by atoms with van der Waals surface area (Å²) in [5, 5.41) is 2.83. The van der Waals surface area contributed by atoms with Gasteiger partial charge < -0.3 is 14.8 Å². The molecular formula is C17H22N2O4. The van der Waals surface area contributed by atoms with Crippen LogP contribution in [-0.4, -0.2) is 56.7 Å². The van der Waals surface area contributed by atoms with E-state index in [0.29, 0.717) is 6.42 Å². The molecule has 124 valence electrons. The van der Waals surface area contributed by atoms with Gasteiger partial charge in [-0.15, -0.1) is 0 Å². The highest BCUT2D eigenvalue weighted by Crippen LogP contribution is 2.31. The molecule has 0 saturated heterocycles. The third kappa shape index (κ3) is 3.71. The lowest BCUT2D eigenvalue weighted by atomic mass is 9.86. The quantitative estimate of drug-likeness (QED) is 0.641. The first kappa shape index (κ1) is 17.0. The Labute approximate surface area is 136 Å². The minimum absolute atomic E-state index is 0.133. The second-order valence-corrected chi connectivity index (χ2v) is 5.63. The number of hydrogen-bond acceptors (Lipinski definition) is 5. The number of likely N-dealkylation sites (N-methyl/N-ethyl adjacent to an activating group) is 1. The van der Waals surface area contributed by atoms with Crippen molar-refractivity contribution in [3.05, 3.63) is 42.0 Å². The molecule has 0 radical (unpaired) electrons. The topological polar surface area (TPSA) is 67.9 Å². The molecule has 0 aromatic heterocycles. The fourth-order valence-corrected chi connectivity index (χ4v) is 2.53. The summed E-state index contributed by atoms with van der Waals surface area (Å²) < 4.78 is 10.3. The van der Waals surface area contributed by atoms with E-state index in [4.69, 9.17) is 4.74 Å². The summed E-state index contributed by atoms with van der Waals surface area (Å²) in [5.41, 5.74) is 0.237. The SMILES string of the molecule is COC(=O)/C=C/CNC(=O)C1(N(C)C)COc2ccccc2C1. The zero-order valence-electron chi connectivity index (χ0n) is 13.7. The normalized spacial score (nSPS) is 20.0. The number of carbonyl (C=O) groups excluding carboxylic acids is 2. The fourth-order valence-electron chi connectivity index (χ4n) is 2.53. The molecule has 1 aromatic rings. The summed E-state index contributed by atoms with van der Waals surface area (Å²) in [5.74, 6) is 0.242. The van der Waals surface area contributed by atoms with Crippen molar-refractivity contribution in [3.8, 4) is 5.75 Å². The van der Waals surface area contributed by atoms with Gasteiger partial charge in [-0.1, -0.05) is 24.3 Å². The molecule has 1 unspecified atom stereocenters. The maximum absolute atomic E-state index is 12.7. The number of rotatable bonds is 5. The minimum atomic E-state index is -0.770. The van der Waals surface area contributed by atoms with Crippen LogP contribution in [0.3, 0.4) is 0 Å². The third-order valence-corrected chi connectivity index (χ3v) is 4.04. The molecule has 0 saturated carbocycles. The van der Waals surface area contributed by atoms with Gasteiger partial charge in [0.05, 0.1) is 7.11 Å². The van der Waals surface area contributed by atoms with Crippen LogP contribution in [0.1, 0.15) is 5.56 Å². The number of fused-ring (bicyclic) bond motifs is 1. The van der Waals surface area contributed by atoms with Gasteiger partial charge in [0.25, 0.3) is 0 Å². The van der Waals surface area contributed by atoms with E-state index in [0.717, 1.165) is 11.3 Å². The van der Waals surface area contributed by atoms with Gasteiger partial charge in [-0.25, -0.2) is 4.79 Å². The summed E-state index contributed by atoms with van der Waals surface area (Å²) in [7, 11) is 5.03. The molecular weight excluding hydrogens is 296 g/mol. The van der Waals surface area contributed by atoms with Crippen molar-refractivity contribution in [1.29, 1.82) is 0 Å². The lowest BCUT2D eigenvalue weighted by molar-refractivity contribution is -0.135. The van der Waals surface area contributed by atoms with Crippen molar-refractivity contribution < 1.29 is 19.1 Å². The number of amides is 1. The highest BCUT2D eigenvalue weighted by atomic mass is 16.5. The summed E-state index contributed by atoms with van der Waals surface area (Å²) in [6, 6.07) is 7.73. The van der Waals surface area contributed by atoms with Gasteiger partial charge in [-0.3, -0.25) is 9.69 Å². The van der Waals surface area contributed by atoms with Gasteiger partial charge in [0.2, 0.25) is 5.91 Å². The molecule has 1 atom stereocenters. The average molecular weight is 318 g/mol. The number of esters is 1. The first-order valence-corrected chi connectivity index (χ1v) is 7.40. The maximum Gasteiger partial charge on any atom is 0.330 e. The predicted octanol–water partition coefficient (Wildman–Crippen LogP) is 0.767. The smallest absolute Gasteiger partial charge is 0.330 e. The van der Waals surface area contributed by atoms with Crippen LogP contribution in [0.15, 0.2) is 36.4 Å². The van der Waals surface area contributed by atoms with Crippen molar-refractivity contribution in [3.63, 3.8) is 0 Å². The van der Waals surface area contributed by atoms with Crippen molar-refractivity contribution in [2.45, 2.75) is 12.0 Å². The Morgan fingerprint density at radius 2 is 2.13 bits per heavy atom. The van der Waals surface area contributed by atoms with E-state index >= 15 is 0 Å². The minimum Gasteiger partial charge on any atom is -0.491 e. The fraction of sp³-hybridized carbons (Fsp3) is 0.412. The lowest BCUT2D eigenvalue weighted by Gasteiger charge is -2.41. The molecule has 1 amide bonds. The van der Waals surface area contributed by atoms with Crippen LogP contribution in [0, 0.1) is 0 Å². The van der Waals surface area contributed by atoms with E-state index in [9.17, 15) is 9.59 Å². The van der Waals surface area contributed by atoms with Crippen molar-refractivity contribution in [2.75, 3.05) is 34.4 Å². The first-order valence-electron chi connectivity index (χ1n) is 7.40. The van der Waals surface area contributed by atoms with E-state index < -0.39 is 11.5 Å². The Bertz CT molecular complexity index is 612. The lowest BCUT2D eigenvalue weighted by Crippen LogP contribution is -2.62. The van der Waals surface area contributed by atoms with Crippen LogP contribution < -0.4 is 10.1 Å². The van der Waals surface area contributed by atoms with Crippen molar-refractivity contribution in [1.82, 2.24) is 10.2 Å². The van der Waals surface area contributed by atoms with Crippen molar-refractivity contribution in [2.24, 2.45) is 0 Å². The van der Waals surface area contributed by atoms with Crippen LogP contribution >= 0.6 is 0 Å². The monoisotopic (exact) mass is 318 g/mol. The molecule has 1 aliphatic heterocycles. The van der Waals surface area contributed by atoms with Crippen molar-refractivity contribution >= 4 is 11.9 Å². The van der Waals surface area contributed by atoms with Gasteiger partial charge in [0.15, 0.2) is 0 Å². The molecule has 2 rings (SSSR count). The predicted molar refractivity (Wildman–Crippen MR) is 86.2 cm³/mol. The highest BCUT2D eigenvalue weighted by molar-refractivity contribution is 5.88. The standard InChI is InChI=1S/C17H22N2O4/c1-19(2)17(16(21)18-10-6-9-15(20)22-3)11-13-7-4-5-8-14(13)23-12-17/h4-9H,10-12H2,1-3H3,(H,18,21)/b9-6+. The van der Waals surface area contributed by atoms with Crippen LogP contribution in [0.2, 0.25) is 0 Å². The molecule has 6 nitrogen and oxygen atoms in total. The number of ether oxygens (including phenoxy) is 2. The zero-order chi connectivity index (χ0) is 16.9. The number of carbonyl (C=O) groups is 2. The average Bonchev–Trinajstić information content (AvgIpc) is 2.57. The van der Waals surface area contributed by atoms with Gasteiger partial charge in [0.1, 0.15) is 17.9 Å². The zero-order valence-corrected chi connectivity index (χ0v) is 13.7. The Hall–Kier alpha value is -2.34. The summed E-state index contributed by atoms with van der Waals surface area (Å²) >= 11 is 0. The van der Waals surface area contributed by atoms with Gasteiger partial charge >= 0.3 is 5.97 Å². The molecule has 23 heavy (non-hydrogen) atoms. The summed E-state index contributed by atoms with van der Waals surface area (Å²) in [4.78, 5) is 25.6. The molecule has 1 heterocycles. The second kappa shape index (κ2) is 7.28. The number of nitrogens with one attached hydrogen (secondary N) is 1. The molecule has 6 heteroatoms. The number of hydrogen-bond donors (Lipinski definition) is 1. The Morgan fingerprint density at radius 1 is 1.39 bits per heavy atom. The van der Waals surface area contributed by atoms with Crippen LogP contribution in [-0.2, 0) is 20.7 Å². The molecule has 0 aliphatic carbocycles. The van der Waals surface area contributed by atoms with Gasteiger partial charge in [-0.2, -0.15) is 0 Å². The van der Waals surface area contributed by atoms with Gasteiger partial charge in [0, 0.05) is 19.0 Å². The molecule has 1 N–H and O–H groups in total. The van der Waals surface area contributed by atoms with E-state index in [-0.39, 0.29) is 19.1 Å². The Morgan fingerprint density at radius 3 is 2.83 bits per heavy atom. The van der Waals surface area contributed by atoms with E-state index in [1.54, 1.807) is 6.08 Å². The third-order valence-electron chi connectivity index (χ3n) is 4.04. The second-order valence-electron chi connectivity index (χ2n) is 5.63. The number of nitrogens with zero attached hydrogens (tertiary/aromatic N) is 1. The van der Waals surface area contributed by atoms with E-state index in [2.05, 4.69) is 10.1 Å². The molecule has 1 aliphatic rings. The van der Waals surface area contributed by atoms with E-state index in [1.165, 1.54) is 13.2 Å². The Kier molecular flexibility index (Phi) is 5.39. The largest absolute Gasteiger partial charge is 0.491 e. The molecule has 0 fully saturated rings. The first-order chi connectivity index (χ1) is 11.0.